The number of H-pyrrole nitrogens is 1. The normalized spacial score (nSPS) is 10.6. The zero-order chi connectivity index (χ0) is 17.5. The van der Waals surface area contributed by atoms with E-state index < -0.39 is 0 Å². The van der Waals surface area contributed by atoms with E-state index in [1.165, 1.54) is 5.56 Å². The Morgan fingerprint density at radius 3 is 2.60 bits per heavy atom. The minimum Gasteiger partial charge on any atom is -0.350 e. The summed E-state index contributed by atoms with van der Waals surface area (Å²) in [7, 11) is 0. The number of aromatic amines is 1. The average Bonchev–Trinajstić information content (AvgIpc) is 3.11. The predicted octanol–water partition coefficient (Wildman–Crippen LogP) is 4.37. The number of amides is 1. The molecule has 0 atom stereocenters. The van der Waals surface area contributed by atoms with Crippen LogP contribution in [0.1, 0.15) is 24.1 Å². The average molecular weight is 354 g/mol. The Hall–Kier alpha value is -2.59. The van der Waals surface area contributed by atoms with Crippen molar-refractivity contribution in [2.45, 2.75) is 25.8 Å². The van der Waals surface area contributed by atoms with Gasteiger partial charge in [0, 0.05) is 17.0 Å². The highest BCUT2D eigenvalue weighted by Gasteiger charge is 2.06. The van der Waals surface area contributed by atoms with Crippen LogP contribution in [0.25, 0.3) is 11.3 Å². The fourth-order valence-corrected chi connectivity index (χ4v) is 2.72. The number of aromatic nitrogens is 2. The zero-order valence-corrected chi connectivity index (χ0v) is 14.6. The Kier molecular flexibility index (Phi) is 5.86. The van der Waals surface area contributed by atoms with Gasteiger partial charge < -0.3 is 5.32 Å². The van der Waals surface area contributed by atoms with E-state index in [-0.39, 0.29) is 5.91 Å². The third-order valence-electron chi connectivity index (χ3n) is 3.96. The van der Waals surface area contributed by atoms with Crippen LogP contribution in [0.5, 0.6) is 0 Å². The fraction of sp³-hybridized carbons (Fsp3) is 0.200. The van der Waals surface area contributed by atoms with Gasteiger partial charge in [0.25, 0.3) is 0 Å². The van der Waals surface area contributed by atoms with Crippen LogP contribution in [0.2, 0.25) is 5.02 Å². The van der Waals surface area contributed by atoms with Crippen LogP contribution in [0.3, 0.4) is 0 Å². The summed E-state index contributed by atoms with van der Waals surface area (Å²) in [6.07, 6.45) is 2.18. The number of hydrogen-bond acceptors (Lipinski definition) is 2. The molecule has 1 amide bonds. The molecule has 4 nitrogen and oxygen atoms in total. The number of carbonyl (C=O) groups is 1. The molecule has 3 aromatic rings. The number of hydrogen-bond donors (Lipinski definition) is 2. The number of benzene rings is 2. The Balaban J connectivity index is 1.42. The molecule has 0 aliphatic rings. The Morgan fingerprint density at radius 1 is 1.08 bits per heavy atom. The molecule has 0 saturated carbocycles. The lowest BCUT2D eigenvalue weighted by Crippen LogP contribution is -2.22. The van der Waals surface area contributed by atoms with E-state index in [0.29, 0.717) is 13.0 Å². The standard InChI is InChI=1S/C20H20ClN3O/c21-17-11-9-15(10-12-17)5-4-8-20(25)22-14-18-13-19(24-23-18)16-6-2-1-3-7-16/h1-3,6-7,9-13H,4-5,8,14H2,(H,22,25)(H,23,24). The monoisotopic (exact) mass is 353 g/mol. The minimum atomic E-state index is 0.0461. The van der Waals surface area contributed by atoms with E-state index in [4.69, 9.17) is 11.6 Å². The van der Waals surface area contributed by atoms with Crippen molar-refractivity contribution in [2.24, 2.45) is 0 Å². The van der Waals surface area contributed by atoms with E-state index >= 15 is 0 Å². The van der Waals surface area contributed by atoms with Crippen molar-refractivity contribution in [3.05, 3.63) is 76.9 Å². The summed E-state index contributed by atoms with van der Waals surface area (Å²) < 4.78 is 0. The number of halogens is 1. The van der Waals surface area contributed by atoms with Gasteiger partial charge in [0.15, 0.2) is 0 Å². The second-order valence-electron chi connectivity index (χ2n) is 5.90. The predicted molar refractivity (Wildman–Crippen MR) is 100 cm³/mol. The molecule has 5 heteroatoms. The van der Waals surface area contributed by atoms with Gasteiger partial charge in [-0.15, -0.1) is 0 Å². The number of nitrogens with zero attached hydrogens (tertiary/aromatic N) is 1. The molecule has 0 fully saturated rings. The molecule has 128 valence electrons. The maximum absolute atomic E-state index is 12.0. The molecule has 3 rings (SSSR count). The van der Waals surface area contributed by atoms with Crippen LogP contribution in [0.15, 0.2) is 60.7 Å². The van der Waals surface area contributed by atoms with Crippen LogP contribution in [-0.2, 0) is 17.8 Å². The molecule has 1 aromatic heterocycles. The van der Waals surface area contributed by atoms with Crippen molar-refractivity contribution in [3.63, 3.8) is 0 Å². The molecule has 1 heterocycles. The van der Waals surface area contributed by atoms with Gasteiger partial charge in [-0.05, 0) is 36.6 Å². The van der Waals surface area contributed by atoms with Gasteiger partial charge in [-0.3, -0.25) is 9.89 Å². The topological polar surface area (TPSA) is 57.8 Å². The van der Waals surface area contributed by atoms with Crippen LogP contribution in [0.4, 0.5) is 0 Å². The first-order valence-electron chi connectivity index (χ1n) is 8.31. The van der Waals surface area contributed by atoms with E-state index in [1.807, 2.05) is 60.7 Å². The highest BCUT2D eigenvalue weighted by Crippen LogP contribution is 2.16. The molecule has 0 radical (unpaired) electrons. The number of nitrogens with one attached hydrogen (secondary N) is 2. The fourth-order valence-electron chi connectivity index (χ4n) is 2.60. The van der Waals surface area contributed by atoms with E-state index in [2.05, 4.69) is 15.5 Å². The second-order valence-corrected chi connectivity index (χ2v) is 6.34. The third kappa shape index (κ3) is 5.19. The van der Waals surface area contributed by atoms with Gasteiger partial charge in [0.2, 0.25) is 5.91 Å². The third-order valence-corrected chi connectivity index (χ3v) is 4.21. The van der Waals surface area contributed by atoms with E-state index in [0.717, 1.165) is 34.8 Å². The van der Waals surface area contributed by atoms with Crippen molar-refractivity contribution in [3.8, 4) is 11.3 Å². The van der Waals surface area contributed by atoms with E-state index in [9.17, 15) is 4.79 Å². The van der Waals surface area contributed by atoms with Crippen molar-refractivity contribution >= 4 is 17.5 Å². The van der Waals surface area contributed by atoms with Crippen LogP contribution < -0.4 is 5.32 Å². The summed E-state index contributed by atoms with van der Waals surface area (Å²) in [5, 5.41) is 10.9. The molecular formula is C20H20ClN3O. The minimum absolute atomic E-state index is 0.0461. The summed E-state index contributed by atoms with van der Waals surface area (Å²) in [6.45, 7) is 0.458. The molecule has 0 aliphatic heterocycles. The van der Waals surface area contributed by atoms with Crippen molar-refractivity contribution in [2.75, 3.05) is 0 Å². The van der Waals surface area contributed by atoms with Crippen LogP contribution in [-0.4, -0.2) is 16.1 Å². The molecular weight excluding hydrogens is 334 g/mol. The highest BCUT2D eigenvalue weighted by molar-refractivity contribution is 6.30. The van der Waals surface area contributed by atoms with Gasteiger partial charge >= 0.3 is 0 Å². The van der Waals surface area contributed by atoms with Crippen LogP contribution in [0, 0.1) is 0 Å². The first-order chi connectivity index (χ1) is 12.2. The quantitative estimate of drug-likeness (QED) is 0.662. The van der Waals surface area contributed by atoms with Gasteiger partial charge in [0.05, 0.1) is 17.9 Å². The van der Waals surface area contributed by atoms with Gasteiger partial charge in [-0.25, -0.2) is 0 Å². The summed E-state index contributed by atoms with van der Waals surface area (Å²) in [6, 6.07) is 19.7. The largest absolute Gasteiger partial charge is 0.350 e. The number of rotatable bonds is 7. The Bertz CT molecular complexity index is 812. The molecule has 0 saturated heterocycles. The maximum atomic E-state index is 12.0. The second kappa shape index (κ2) is 8.49. The van der Waals surface area contributed by atoms with Crippen molar-refractivity contribution < 1.29 is 4.79 Å². The van der Waals surface area contributed by atoms with E-state index in [1.54, 1.807) is 0 Å². The maximum Gasteiger partial charge on any atom is 0.220 e. The molecule has 2 N–H and O–H groups in total. The van der Waals surface area contributed by atoms with Crippen molar-refractivity contribution in [1.29, 1.82) is 0 Å². The SMILES string of the molecule is O=C(CCCc1ccc(Cl)cc1)NCc1cc(-c2ccccc2)n[nH]1. The lowest BCUT2D eigenvalue weighted by Gasteiger charge is -2.04. The lowest BCUT2D eigenvalue weighted by molar-refractivity contribution is -0.121. The molecule has 25 heavy (non-hydrogen) atoms. The summed E-state index contributed by atoms with van der Waals surface area (Å²) in [5.41, 5.74) is 4.02. The molecule has 2 aromatic carbocycles. The smallest absolute Gasteiger partial charge is 0.220 e. The van der Waals surface area contributed by atoms with Gasteiger partial charge in [-0.1, -0.05) is 54.1 Å². The number of carbonyl (C=O) groups excluding carboxylic acids is 1. The number of aryl methyl sites for hydroxylation is 1. The van der Waals surface area contributed by atoms with Gasteiger partial charge in [0.1, 0.15) is 0 Å². The van der Waals surface area contributed by atoms with Crippen LogP contribution >= 0.6 is 11.6 Å². The van der Waals surface area contributed by atoms with Gasteiger partial charge in [-0.2, -0.15) is 5.10 Å². The summed E-state index contributed by atoms with van der Waals surface area (Å²) >= 11 is 5.86. The first-order valence-corrected chi connectivity index (χ1v) is 8.69. The summed E-state index contributed by atoms with van der Waals surface area (Å²) in [4.78, 5) is 12.0. The zero-order valence-electron chi connectivity index (χ0n) is 13.8. The lowest BCUT2D eigenvalue weighted by atomic mass is 10.1. The first kappa shape index (κ1) is 17.2. The molecule has 0 spiro atoms. The Morgan fingerprint density at radius 2 is 1.84 bits per heavy atom. The molecule has 0 unspecified atom stereocenters. The van der Waals surface area contributed by atoms with Crippen molar-refractivity contribution in [1.82, 2.24) is 15.5 Å². The highest BCUT2D eigenvalue weighted by atomic mass is 35.5. The summed E-state index contributed by atoms with van der Waals surface area (Å²) in [5.74, 6) is 0.0461. The molecule has 0 bridgehead atoms. The Labute approximate surface area is 152 Å². The molecule has 0 aliphatic carbocycles.